The quantitative estimate of drug-likeness (QED) is 0.341. The van der Waals surface area contributed by atoms with Crippen LogP contribution in [0.25, 0.3) is 16.7 Å². The van der Waals surface area contributed by atoms with E-state index in [4.69, 9.17) is 21.6 Å². The van der Waals surface area contributed by atoms with Gasteiger partial charge in [0.1, 0.15) is 11.6 Å². The number of nitrogens with zero attached hydrogens (tertiary/aromatic N) is 6. The molecule has 1 aliphatic rings. The maximum atomic E-state index is 12.7. The van der Waals surface area contributed by atoms with Crippen LogP contribution >= 0.6 is 11.6 Å². The maximum absolute atomic E-state index is 12.7. The lowest BCUT2D eigenvalue weighted by Crippen LogP contribution is -2.49. The molecule has 0 spiro atoms. The number of halogens is 1. The van der Waals surface area contributed by atoms with Crippen molar-refractivity contribution in [1.82, 2.24) is 24.1 Å². The summed E-state index contributed by atoms with van der Waals surface area (Å²) >= 11 is 6.25. The second kappa shape index (κ2) is 10.5. The summed E-state index contributed by atoms with van der Waals surface area (Å²) in [4.78, 5) is 12.0. The molecule has 5 rings (SSSR count). The summed E-state index contributed by atoms with van der Waals surface area (Å²) < 4.78 is 28.8. The van der Waals surface area contributed by atoms with Crippen molar-refractivity contribution in [3.8, 4) is 5.69 Å². The molecule has 0 N–H and O–H groups in total. The van der Waals surface area contributed by atoms with E-state index < -0.39 is 10.0 Å². The molecule has 0 unspecified atom stereocenters. The van der Waals surface area contributed by atoms with Gasteiger partial charge in [-0.2, -0.15) is 9.40 Å². The first-order chi connectivity index (χ1) is 17.4. The van der Waals surface area contributed by atoms with Gasteiger partial charge in [0.25, 0.3) is 0 Å². The van der Waals surface area contributed by atoms with Gasteiger partial charge in [0, 0.05) is 37.6 Å². The Kier molecular flexibility index (Phi) is 7.22. The zero-order valence-electron chi connectivity index (χ0n) is 20.2. The zero-order chi connectivity index (χ0) is 25.1. The predicted octanol–water partition coefficient (Wildman–Crippen LogP) is 4.31. The minimum Gasteiger partial charge on any atom is -0.353 e. The predicted molar refractivity (Wildman–Crippen MR) is 143 cm³/mol. The molecule has 3 heterocycles. The Hall–Kier alpha value is -3.01. The van der Waals surface area contributed by atoms with Crippen LogP contribution < -0.4 is 4.90 Å². The van der Waals surface area contributed by atoms with Crippen molar-refractivity contribution in [3.05, 3.63) is 77.2 Å². The Bertz CT molecular complexity index is 1450. The number of unbranched alkanes of at least 4 members (excludes halogenated alkanes) is 1. The largest absolute Gasteiger partial charge is 0.353 e. The molecule has 36 heavy (non-hydrogen) atoms. The average molecular weight is 525 g/mol. The van der Waals surface area contributed by atoms with Gasteiger partial charge in [0.15, 0.2) is 5.65 Å². The molecular weight excluding hydrogens is 496 g/mol. The molecule has 0 amide bonds. The summed E-state index contributed by atoms with van der Waals surface area (Å²) in [6.45, 7) is 4.00. The summed E-state index contributed by atoms with van der Waals surface area (Å²) in [7, 11) is -3.23. The van der Waals surface area contributed by atoms with Gasteiger partial charge in [-0.3, -0.25) is 0 Å². The smallest absolute Gasteiger partial charge is 0.214 e. The van der Waals surface area contributed by atoms with Gasteiger partial charge in [-0.1, -0.05) is 61.3 Å². The van der Waals surface area contributed by atoms with Crippen LogP contribution in [0.5, 0.6) is 0 Å². The lowest BCUT2D eigenvalue weighted by atomic mass is 10.1. The molecule has 1 aliphatic heterocycles. The summed E-state index contributed by atoms with van der Waals surface area (Å²) in [5.41, 5.74) is 2.63. The third-order valence-corrected chi connectivity index (χ3v) is 8.59. The first-order valence-electron chi connectivity index (χ1n) is 12.2. The highest BCUT2D eigenvalue weighted by molar-refractivity contribution is 7.89. The zero-order valence-corrected chi connectivity index (χ0v) is 21.8. The number of rotatable bonds is 8. The number of hydrogen-bond donors (Lipinski definition) is 0. The molecule has 0 radical (unpaired) electrons. The van der Waals surface area contributed by atoms with Gasteiger partial charge in [0.2, 0.25) is 10.0 Å². The van der Waals surface area contributed by atoms with Crippen LogP contribution in [-0.4, -0.2) is 64.4 Å². The Morgan fingerprint density at radius 1 is 0.972 bits per heavy atom. The number of hydrogen-bond acceptors (Lipinski definition) is 6. The summed E-state index contributed by atoms with van der Waals surface area (Å²) in [6, 6.07) is 17.6. The maximum Gasteiger partial charge on any atom is 0.214 e. The summed E-state index contributed by atoms with van der Waals surface area (Å²) in [5, 5.41) is 6.07. The van der Waals surface area contributed by atoms with E-state index in [1.54, 1.807) is 15.2 Å². The van der Waals surface area contributed by atoms with Crippen LogP contribution in [0.3, 0.4) is 0 Å². The Labute approximate surface area is 216 Å². The molecule has 0 atom stereocenters. The number of piperazine rings is 1. The average Bonchev–Trinajstić information content (AvgIpc) is 3.32. The Morgan fingerprint density at radius 3 is 2.47 bits per heavy atom. The molecule has 2 aromatic carbocycles. The van der Waals surface area contributed by atoms with E-state index in [0.717, 1.165) is 28.9 Å². The van der Waals surface area contributed by atoms with E-state index in [0.29, 0.717) is 55.5 Å². The van der Waals surface area contributed by atoms with Crippen molar-refractivity contribution >= 4 is 38.5 Å². The normalized spacial score (nSPS) is 15.0. The molecule has 1 saturated heterocycles. The monoisotopic (exact) mass is 524 g/mol. The summed E-state index contributed by atoms with van der Waals surface area (Å²) in [6.07, 6.45) is 3.90. The number of benzene rings is 2. The van der Waals surface area contributed by atoms with E-state index in [2.05, 4.69) is 22.1 Å². The first kappa shape index (κ1) is 24.7. The van der Waals surface area contributed by atoms with Crippen molar-refractivity contribution in [2.24, 2.45) is 0 Å². The third kappa shape index (κ3) is 5.23. The van der Waals surface area contributed by atoms with Gasteiger partial charge >= 0.3 is 0 Å². The van der Waals surface area contributed by atoms with Crippen molar-refractivity contribution in [3.63, 3.8) is 0 Å². The minimum absolute atomic E-state index is 0.203. The molecular formula is C26H29ClN6O2S. The second-order valence-corrected chi connectivity index (χ2v) is 11.5. The van der Waals surface area contributed by atoms with Crippen LogP contribution in [0.2, 0.25) is 5.02 Å². The van der Waals surface area contributed by atoms with E-state index in [-0.39, 0.29) is 5.75 Å². The molecule has 10 heteroatoms. The van der Waals surface area contributed by atoms with Crippen molar-refractivity contribution in [2.75, 3.05) is 36.8 Å². The number of sulfonamides is 1. The number of fused-ring (bicyclic) bond motifs is 1. The third-order valence-electron chi connectivity index (χ3n) is 6.40. The van der Waals surface area contributed by atoms with E-state index in [9.17, 15) is 8.42 Å². The fourth-order valence-corrected chi connectivity index (χ4v) is 6.28. The molecule has 0 saturated carbocycles. The lowest BCUT2D eigenvalue weighted by Gasteiger charge is -2.35. The van der Waals surface area contributed by atoms with Gasteiger partial charge in [-0.25, -0.2) is 23.1 Å². The number of anilines is 1. The molecule has 188 valence electrons. The van der Waals surface area contributed by atoms with E-state index in [1.165, 1.54) is 0 Å². The highest BCUT2D eigenvalue weighted by Gasteiger charge is 2.28. The van der Waals surface area contributed by atoms with Gasteiger partial charge in [-0.15, -0.1) is 0 Å². The Balaban J connectivity index is 1.50. The minimum atomic E-state index is -3.23. The van der Waals surface area contributed by atoms with Gasteiger partial charge in [0.05, 0.1) is 23.0 Å². The van der Waals surface area contributed by atoms with Crippen LogP contribution in [0, 0.1) is 0 Å². The first-order valence-corrected chi connectivity index (χ1v) is 14.2. The fourth-order valence-electron chi connectivity index (χ4n) is 4.47. The molecule has 8 nitrogen and oxygen atoms in total. The lowest BCUT2D eigenvalue weighted by molar-refractivity contribution is 0.383. The standard InChI is InChI=1S/C26H29ClN6O2S/c1-2-3-16-36(34,35)32-14-12-31(13-15-32)25-23-19-28-33(22-11-7-10-21(27)18-22)26(23)30-24(29-25)17-20-8-5-4-6-9-20/h4-11,18-19H,2-3,12-17H2,1H3. The van der Waals surface area contributed by atoms with Crippen LogP contribution in [0.1, 0.15) is 31.2 Å². The fraction of sp³-hybridized carbons (Fsp3) is 0.346. The van der Waals surface area contributed by atoms with Gasteiger partial charge in [-0.05, 0) is 30.2 Å². The highest BCUT2D eigenvalue weighted by Crippen LogP contribution is 2.28. The van der Waals surface area contributed by atoms with Crippen LogP contribution in [0.15, 0.2) is 60.8 Å². The topological polar surface area (TPSA) is 84.2 Å². The van der Waals surface area contributed by atoms with Crippen molar-refractivity contribution in [2.45, 2.75) is 26.2 Å². The van der Waals surface area contributed by atoms with Gasteiger partial charge < -0.3 is 4.90 Å². The molecule has 0 aliphatic carbocycles. The van der Waals surface area contributed by atoms with Crippen molar-refractivity contribution < 1.29 is 8.42 Å². The molecule has 2 aromatic heterocycles. The van der Waals surface area contributed by atoms with Crippen LogP contribution in [0.4, 0.5) is 5.82 Å². The summed E-state index contributed by atoms with van der Waals surface area (Å²) in [5.74, 6) is 1.67. The SMILES string of the molecule is CCCCS(=O)(=O)N1CCN(c2nc(Cc3ccccc3)nc3c2cnn3-c2cccc(Cl)c2)CC1. The van der Waals surface area contributed by atoms with E-state index >= 15 is 0 Å². The molecule has 1 fully saturated rings. The molecule has 4 aromatic rings. The van der Waals surface area contributed by atoms with E-state index in [1.807, 2.05) is 49.4 Å². The second-order valence-electron chi connectivity index (χ2n) is 8.96. The van der Waals surface area contributed by atoms with Crippen molar-refractivity contribution in [1.29, 1.82) is 0 Å². The number of aromatic nitrogens is 4. The molecule has 0 bridgehead atoms. The highest BCUT2D eigenvalue weighted by atomic mass is 35.5. The Morgan fingerprint density at radius 2 is 1.75 bits per heavy atom. The van der Waals surface area contributed by atoms with Crippen LogP contribution in [-0.2, 0) is 16.4 Å².